The molecule has 1 aliphatic carbocycles. The zero-order valence-electron chi connectivity index (χ0n) is 10.4. The van der Waals surface area contributed by atoms with Crippen molar-refractivity contribution in [2.75, 3.05) is 7.11 Å². The number of aromatic nitrogens is 2. The van der Waals surface area contributed by atoms with Gasteiger partial charge in [-0.2, -0.15) is 0 Å². The van der Waals surface area contributed by atoms with Crippen LogP contribution in [-0.2, 0) is 24.6 Å². The van der Waals surface area contributed by atoms with Crippen LogP contribution < -0.4 is 0 Å². The Hall–Kier alpha value is -1.77. The van der Waals surface area contributed by atoms with Gasteiger partial charge in [0.05, 0.1) is 24.1 Å². The fourth-order valence-electron chi connectivity index (χ4n) is 2.78. The van der Waals surface area contributed by atoms with Gasteiger partial charge in [0.15, 0.2) is 0 Å². The van der Waals surface area contributed by atoms with E-state index >= 15 is 0 Å². The molecule has 0 saturated heterocycles. The molecule has 0 radical (unpaired) electrons. The molecule has 0 unspecified atom stereocenters. The molecule has 1 aliphatic rings. The third kappa shape index (κ3) is 1.38. The van der Waals surface area contributed by atoms with Crippen molar-refractivity contribution in [3.05, 3.63) is 41.0 Å². The van der Waals surface area contributed by atoms with Gasteiger partial charge in [0.1, 0.15) is 0 Å². The first-order valence-corrected chi connectivity index (χ1v) is 5.87. The van der Waals surface area contributed by atoms with Gasteiger partial charge in [-0.1, -0.05) is 0 Å². The monoisotopic (exact) mass is 228 g/mol. The van der Waals surface area contributed by atoms with Crippen molar-refractivity contribution < 1.29 is 4.74 Å². The molecule has 0 bridgehead atoms. The molecule has 3 rings (SSSR count). The smallest absolute Gasteiger partial charge is 0.0977 e. The molecule has 0 spiro atoms. The molecular formula is C14H16N2O. The van der Waals surface area contributed by atoms with Gasteiger partial charge < -0.3 is 9.30 Å². The number of nitrogens with zero attached hydrogens (tertiary/aromatic N) is 2. The maximum absolute atomic E-state index is 5.36. The van der Waals surface area contributed by atoms with Gasteiger partial charge in [-0.25, -0.2) is 0 Å². The summed E-state index contributed by atoms with van der Waals surface area (Å²) in [6, 6.07) is 2.12. The summed E-state index contributed by atoms with van der Waals surface area (Å²) in [5, 5.41) is 1.33. The van der Waals surface area contributed by atoms with Crippen LogP contribution in [-0.4, -0.2) is 16.7 Å². The van der Waals surface area contributed by atoms with Gasteiger partial charge in [-0.15, -0.1) is 0 Å². The zero-order chi connectivity index (χ0) is 12.0. The molecule has 3 heteroatoms. The predicted octanol–water partition coefficient (Wildman–Crippen LogP) is 2.51. The SMILES string of the molecule is COC1=CCc2c(n(C)c3c(C)nccc23)C1. The molecular weight excluding hydrogens is 212 g/mol. The Bertz CT molecular complexity index is 623. The molecule has 0 atom stereocenters. The largest absolute Gasteiger partial charge is 0.501 e. The lowest BCUT2D eigenvalue weighted by atomic mass is 10.00. The lowest BCUT2D eigenvalue weighted by molar-refractivity contribution is 0.278. The van der Waals surface area contributed by atoms with Crippen molar-refractivity contribution in [3.8, 4) is 0 Å². The van der Waals surface area contributed by atoms with Crippen LogP contribution in [0.3, 0.4) is 0 Å². The molecule has 0 saturated carbocycles. The van der Waals surface area contributed by atoms with Crippen LogP contribution in [0.5, 0.6) is 0 Å². The van der Waals surface area contributed by atoms with Crippen molar-refractivity contribution in [2.45, 2.75) is 19.8 Å². The van der Waals surface area contributed by atoms with Crippen LogP contribution in [0.2, 0.25) is 0 Å². The Kier molecular flexibility index (Phi) is 2.21. The average Bonchev–Trinajstić information content (AvgIpc) is 2.64. The van der Waals surface area contributed by atoms with Crippen LogP contribution in [0.25, 0.3) is 10.9 Å². The molecule has 2 aromatic heterocycles. The molecule has 2 heterocycles. The van der Waals surface area contributed by atoms with E-state index in [2.05, 4.69) is 35.7 Å². The van der Waals surface area contributed by atoms with Crippen LogP contribution in [0.1, 0.15) is 17.0 Å². The Morgan fingerprint density at radius 2 is 2.24 bits per heavy atom. The van der Waals surface area contributed by atoms with E-state index in [9.17, 15) is 0 Å². The van der Waals surface area contributed by atoms with E-state index in [0.29, 0.717) is 0 Å². The highest BCUT2D eigenvalue weighted by molar-refractivity contribution is 5.87. The molecule has 3 nitrogen and oxygen atoms in total. The van der Waals surface area contributed by atoms with E-state index in [4.69, 9.17) is 4.74 Å². The molecule has 0 aliphatic heterocycles. The first-order valence-electron chi connectivity index (χ1n) is 5.87. The van der Waals surface area contributed by atoms with Crippen molar-refractivity contribution in [3.63, 3.8) is 0 Å². The van der Waals surface area contributed by atoms with Gasteiger partial charge in [0, 0.05) is 30.7 Å². The van der Waals surface area contributed by atoms with Crippen molar-refractivity contribution in [1.29, 1.82) is 0 Å². The van der Waals surface area contributed by atoms with E-state index in [1.807, 2.05) is 6.20 Å². The molecule has 88 valence electrons. The van der Waals surface area contributed by atoms with Gasteiger partial charge in [-0.05, 0) is 31.1 Å². The van der Waals surface area contributed by atoms with E-state index < -0.39 is 0 Å². The third-order valence-electron chi connectivity index (χ3n) is 3.66. The first kappa shape index (κ1) is 10.4. The Morgan fingerprint density at radius 1 is 1.41 bits per heavy atom. The molecule has 0 N–H and O–H groups in total. The number of ether oxygens (including phenoxy) is 1. The number of hydrogen-bond acceptors (Lipinski definition) is 2. The average molecular weight is 228 g/mol. The number of methoxy groups -OCH3 is 1. The summed E-state index contributed by atoms with van der Waals surface area (Å²) in [4.78, 5) is 4.38. The molecule has 0 aromatic carbocycles. The highest BCUT2D eigenvalue weighted by Gasteiger charge is 2.20. The maximum Gasteiger partial charge on any atom is 0.0977 e. The summed E-state index contributed by atoms with van der Waals surface area (Å²) in [5.74, 6) is 1.06. The van der Waals surface area contributed by atoms with Crippen molar-refractivity contribution >= 4 is 10.9 Å². The topological polar surface area (TPSA) is 27.1 Å². The van der Waals surface area contributed by atoms with Crippen molar-refractivity contribution in [1.82, 2.24) is 9.55 Å². The minimum Gasteiger partial charge on any atom is -0.501 e. The second kappa shape index (κ2) is 3.62. The first-order chi connectivity index (χ1) is 8.22. The normalized spacial score (nSPS) is 14.6. The van der Waals surface area contributed by atoms with E-state index in [1.165, 1.54) is 22.2 Å². The Balaban J connectivity index is 2.28. The molecule has 2 aromatic rings. The standard InChI is InChI=1S/C14H16N2O/c1-9-14-12(6-7-15-9)11-5-4-10(17-3)8-13(11)16(14)2/h4,6-7H,5,8H2,1-3H3. The maximum atomic E-state index is 5.36. The summed E-state index contributed by atoms with van der Waals surface area (Å²) in [6.45, 7) is 2.07. The van der Waals surface area contributed by atoms with Gasteiger partial charge in [0.25, 0.3) is 0 Å². The molecule has 0 fully saturated rings. The van der Waals surface area contributed by atoms with Crippen LogP contribution in [0, 0.1) is 6.92 Å². The van der Waals surface area contributed by atoms with Crippen LogP contribution >= 0.6 is 0 Å². The van der Waals surface area contributed by atoms with E-state index in [0.717, 1.165) is 24.3 Å². The quantitative estimate of drug-likeness (QED) is 0.750. The number of hydrogen-bond donors (Lipinski definition) is 0. The highest BCUT2D eigenvalue weighted by Crippen LogP contribution is 2.31. The highest BCUT2D eigenvalue weighted by atomic mass is 16.5. The Labute approximate surface area is 101 Å². The third-order valence-corrected chi connectivity index (χ3v) is 3.66. The summed E-state index contributed by atoms with van der Waals surface area (Å²) in [5.41, 5.74) is 5.13. The lowest BCUT2D eigenvalue weighted by Gasteiger charge is -2.14. The second-order valence-electron chi connectivity index (χ2n) is 4.53. The van der Waals surface area contributed by atoms with E-state index in [1.54, 1.807) is 7.11 Å². The fraction of sp³-hybridized carbons (Fsp3) is 0.357. The number of rotatable bonds is 1. The number of allylic oxidation sites excluding steroid dienone is 2. The van der Waals surface area contributed by atoms with Gasteiger partial charge in [-0.3, -0.25) is 4.98 Å². The van der Waals surface area contributed by atoms with Crippen LogP contribution in [0.15, 0.2) is 24.1 Å². The van der Waals surface area contributed by atoms with E-state index in [-0.39, 0.29) is 0 Å². The number of fused-ring (bicyclic) bond motifs is 3. The second-order valence-corrected chi connectivity index (χ2v) is 4.53. The zero-order valence-corrected chi connectivity index (χ0v) is 10.4. The minimum absolute atomic E-state index is 0.885. The summed E-state index contributed by atoms with van der Waals surface area (Å²) in [6.07, 6.45) is 5.92. The lowest BCUT2D eigenvalue weighted by Crippen LogP contribution is -2.07. The summed E-state index contributed by atoms with van der Waals surface area (Å²) in [7, 11) is 3.86. The van der Waals surface area contributed by atoms with Crippen LogP contribution in [0.4, 0.5) is 0 Å². The summed E-state index contributed by atoms with van der Waals surface area (Å²) < 4.78 is 7.62. The minimum atomic E-state index is 0.885. The predicted molar refractivity (Wildman–Crippen MR) is 68.0 cm³/mol. The summed E-state index contributed by atoms with van der Waals surface area (Å²) >= 11 is 0. The fourth-order valence-corrected chi connectivity index (χ4v) is 2.78. The van der Waals surface area contributed by atoms with Gasteiger partial charge in [0.2, 0.25) is 0 Å². The van der Waals surface area contributed by atoms with Gasteiger partial charge >= 0.3 is 0 Å². The Morgan fingerprint density at radius 3 is 3.00 bits per heavy atom. The number of aryl methyl sites for hydroxylation is 2. The molecule has 0 amide bonds. The van der Waals surface area contributed by atoms with Crippen molar-refractivity contribution in [2.24, 2.45) is 7.05 Å². The number of pyridine rings is 1. The molecule has 17 heavy (non-hydrogen) atoms.